The molecule has 3 nitrogen and oxygen atoms in total. The van der Waals surface area contributed by atoms with E-state index in [1.807, 2.05) is 0 Å². The Kier molecular flexibility index (Phi) is 3.94. The smallest absolute Gasteiger partial charge is 0.311 e. The molecule has 0 N–H and O–H groups in total. The zero-order valence-electron chi connectivity index (χ0n) is 15.0. The highest BCUT2D eigenvalue weighted by Gasteiger charge is 2.55. The molecule has 0 saturated heterocycles. The predicted octanol–water partition coefficient (Wildman–Crippen LogP) is 4.19. The van der Waals surface area contributed by atoms with Crippen LogP contribution in [0.4, 0.5) is 0 Å². The molecule has 3 rings (SSSR count). The first-order valence-corrected chi connectivity index (χ1v) is 8.63. The van der Waals surface area contributed by atoms with Crippen LogP contribution in [0.15, 0.2) is 12.1 Å². The van der Waals surface area contributed by atoms with E-state index in [1.165, 1.54) is 23.8 Å². The lowest BCUT2D eigenvalue weighted by Gasteiger charge is -2.54. The molecule has 1 aromatic rings. The third kappa shape index (κ3) is 2.28. The van der Waals surface area contributed by atoms with Crippen molar-refractivity contribution in [3.63, 3.8) is 0 Å². The van der Waals surface area contributed by atoms with E-state index in [0.29, 0.717) is 5.92 Å². The number of fused-ring (bicyclic) bond motifs is 3. The minimum atomic E-state index is -0.377. The van der Waals surface area contributed by atoms with Gasteiger partial charge in [0, 0.05) is 0 Å². The average molecular weight is 316 g/mol. The molecule has 1 aromatic carbocycles. The quantitative estimate of drug-likeness (QED) is 0.768. The van der Waals surface area contributed by atoms with Crippen LogP contribution in [0.3, 0.4) is 0 Å². The van der Waals surface area contributed by atoms with E-state index in [1.54, 1.807) is 7.11 Å². The van der Waals surface area contributed by atoms with Gasteiger partial charge in [-0.3, -0.25) is 4.79 Å². The van der Waals surface area contributed by atoms with Gasteiger partial charge in [0.25, 0.3) is 0 Å². The third-order valence-electron chi connectivity index (χ3n) is 6.52. The van der Waals surface area contributed by atoms with Gasteiger partial charge >= 0.3 is 5.97 Å². The summed E-state index contributed by atoms with van der Waals surface area (Å²) in [5, 5.41) is 0. The van der Waals surface area contributed by atoms with Gasteiger partial charge < -0.3 is 9.47 Å². The van der Waals surface area contributed by atoms with Crippen molar-refractivity contribution in [3.8, 4) is 5.75 Å². The van der Waals surface area contributed by atoms with Crippen LogP contribution in [0.1, 0.15) is 56.2 Å². The third-order valence-corrected chi connectivity index (χ3v) is 6.52. The van der Waals surface area contributed by atoms with E-state index in [0.717, 1.165) is 37.9 Å². The Morgan fingerprint density at radius 1 is 1.22 bits per heavy atom. The van der Waals surface area contributed by atoms with Gasteiger partial charge in [-0.15, -0.1) is 0 Å². The molecule has 0 spiro atoms. The number of carbonyl (C=O) groups excluding carboxylic acids is 1. The standard InChI is InChI=1S/C20H28O3/c1-13-11-14-7-8-17-19(2,15(14)12-16(13)22-4)9-6-10-20(17,3)18(21)23-5/h11-12,17H,6-10H2,1-5H3/t17?,19-,20+/m1/s1. The summed E-state index contributed by atoms with van der Waals surface area (Å²) in [6.45, 7) is 6.55. The Hall–Kier alpha value is -1.51. The zero-order valence-corrected chi connectivity index (χ0v) is 15.0. The molecule has 0 heterocycles. The molecule has 0 radical (unpaired) electrons. The van der Waals surface area contributed by atoms with Crippen molar-refractivity contribution < 1.29 is 14.3 Å². The lowest BCUT2D eigenvalue weighted by atomic mass is 9.49. The maximum atomic E-state index is 12.5. The maximum Gasteiger partial charge on any atom is 0.311 e. The number of carbonyl (C=O) groups is 1. The van der Waals surface area contributed by atoms with Crippen LogP contribution in [0.5, 0.6) is 5.75 Å². The first-order chi connectivity index (χ1) is 10.9. The number of ether oxygens (including phenoxy) is 2. The molecule has 3 atom stereocenters. The van der Waals surface area contributed by atoms with Gasteiger partial charge in [-0.2, -0.15) is 0 Å². The largest absolute Gasteiger partial charge is 0.496 e. The second kappa shape index (κ2) is 5.54. The van der Waals surface area contributed by atoms with E-state index >= 15 is 0 Å². The van der Waals surface area contributed by atoms with Gasteiger partial charge in [-0.25, -0.2) is 0 Å². The van der Waals surface area contributed by atoms with Gasteiger partial charge in [-0.1, -0.05) is 19.4 Å². The Labute approximate surface area is 139 Å². The molecule has 1 unspecified atom stereocenters. The second-order valence-corrected chi connectivity index (χ2v) is 7.75. The summed E-state index contributed by atoms with van der Waals surface area (Å²) in [7, 11) is 3.25. The molecule has 1 fully saturated rings. The van der Waals surface area contributed by atoms with E-state index in [4.69, 9.17) is 9.47 Å². The van der Waals surface area contributed by atoms with Gasteiger partial charge in [0.05, 0.1) is 19.6 Å². The fourth-order valence-electron chi connectivity index (χ4n) is 5.32. The summed E-state index contributed by atoms with van der Waals surface area (Å²) < 4.78 is 10.7. The molecule has 2 aliphatic rings. The van der Waals surface area contributed by atoms with Crippen molar-refractivity contribution in [3.05, 3.63) is 28.8 Å². The molecular formula is C20H28O3. The van der Waals surface area contributed by atoms with Crippen molar-refractivity contribution in [2.24, 2.45) is 11.3 Å². The number of benzene rings is 1. The molecular weight excluding hydrogens is 288 g/mol. The molecule has 2 aliphatic carbocycles. The number of methoxy groups -OCH3 is 2. The molecule has 0 bridgehead atoms. The predicted molar refractivity (Wildman–Crippen MR) is 90.9 cm³/mol. The number of hydrogen-bond donors (Lipinski definition) is 0. The summed E-state index contributed by atoms with van der Waals surface area (Å²) in [6, 6.07) is 4.50. The van der Waals surface area contributed by atoms with E-state index in [2.05, 4.69) is 32.9 Å². The molecule has 0 amide bonds. The van der Waals surface area contributed by atoms with Crippen molar-refractivity contribution in [1.29, 1.82) is 0 Å². The van der Waals surface area contributed by atoms with Crippen LogP contribution in [0.2, 0.25) is 0 Å². The molecule has 3 heteroatoms. The van der Waals surface area contributed by atoms with Gasteiger partial charge in [-0.05, 0) is 73.6 Å². The highest BCUT2D eigenvalue weighted by molar-refractivity contribution is 5.77. The lowest BCUT2D eigenvalue weighted by molar-refractivity contribution is -0.161. The summed E-state index contributed by atoms with van der Waals surface area (Å²) in [5.74, 6) is 1.24. The summed E-state index contributed by atoms with van der Waals surface area (Å²) >= 11 is 0. The Balaban J connectivity index is 2.12. The first-order valence-electron chi connectivity index (χ1n) is 8.63. The SMILES string of the molecule is COC(=O)[C@@]1(C)CCC[C@]2(C)c3cc(OC)c(C)cc3CCC12. The fourth-order valence-corrected chi connectivity index (χ4v) is 5.32. The summed E-state index contributed by atoms with van der Waals surface area (Å²) in [5.41, 5.74) is 3.65. The van der Waals surface area contributed by atoms with Gasteiger partial charge in [0.15, 0.2) is 0 Å². The van der Waals surface area contributed by atoms with Crippen LogP contribution in [-0.2, 0) is 21.4 Å². The molecule has 126 valence electrons. The number of esters is 1. The number of aryl methyl sites for hydroxylation is 2. The molecule has 0 aromatic heterocycles. The summed E-state index contributed by atoms with van der Waals surface area (Å²) in [4.78, 5) is 12.5. The van der Waals surface area contributed by atoms with Crippen LogP contribution in [0.25, 0.3) is 0 Å². The Morgan fingerprint density at radius 2 is 1.96 bits per heavy atom. The average Bonchev–Trinajstić information content (AvgIpc) is 2.53. The van der Waals surface area contributed by atoms with Crippen LogP contribution in [-0.4, -0.2) is 20.2 Å². The van der Waals surface area contributed by atoms with Crippen molar-refractivity contribution >= 4 is 5.97 Å². The van der Waals surface area contributed by atoms with Crippen molar-refractivity contribution in [1.82, 2.24) is 0 Å². The van der Waals surface area contributed by atoms with Gasteiger partial charge in [0.2, 0.25) is 0 Å². The first kappa shape index (κ1) is 16.4. The lowest BCUT2D eigenvalue weighted by Crippen LogP contribution is -2.52. The molecule has 0 aliphatic heterocycles. The molecule has 1 saturated carbocycles. The maximum absolute atomic E-state index is 12.5. The summed E-state index contributed by atoms with van der Waals surface area (Å²) in [6.07, 6.45) is 5.21. The van der Waals surface area contributed by atoms with E-state index in [9.17, 15) is 4.79 Å². The Morgan fingerprint density at radius 3 is 2.61 bits per heavy atom. The van der Waals surface area contributed by atoms with Crippen molar-refractivity contribution in [2.75, 3.05) is 14.2 Å². The highest BCUT2D eigenvalue weighted by atomic mass is 16.5. The monoisotopic (exact) mass is 316 g/mol. The van der Waals surface area contributed by atoms with Crippen LogP contribution in [0, 0.1) is 18.3 Å². The van der Waals surface area contributed by atoms with E-state index in [-0.39, 0.29) is 16.8 Å². The molecule has 23 heavy (non-hydrogen) atoms. The van der Waals surface area contributed by atoms with Crippen LogP contribution >= 0.6 is 0 Å². The number of hydrogen-bond acceptors (Lipinski definition) is 3. The topological polar surface area (TPSA) is 35.5 Å². The zero-order chi connectivity index (χ0) is 16.8. The minimum Gasteiger partial charge on any atom is -0.496 e. The number of rotatable bonds is 2. The minimum absolute atomic E-state index is 0.0236. The highest BCUT2D eigenvalue weighted by Crippen LogP contribution is 2.58. The van der Waals surface area contributed by atoms with Crippen molar-refractivity contribution in [2.45, 2.75) is 58.3 Å². The normalized spacial score (nSPS) is 32.7. The van der Waals surface area contributed by atoms with Crippen LogP contribution < -0.4 is 4.74 Å². The fraction of sp³-hybridized carbons (Fsp3) is 0.650. The second-order valence-electron chi connectivity index (χ2n) is 7.75. The Bertz CT molecular complexity index is 636. The van der Waals surface area contributed by atoms with E-state index < -0.39 is 0 Å². The van der Waals surface area contributed by atoms with Gasteiger partial charge in [0.1, 0.15) is 5.75 Å².